The molecule has 9 heteroatoms. The van der Waals surface area contributed by atoms with Gasteiger partial charge in [-0.05, 0) is 13.3 Å². The number of hydrogen-bond acceptors (Lipinski definition) is 5. The van der Waals surface area contributed by atoms with Crippen molar-refractivity contribution in [3.05, 3.63) is 6.33 Å². The molecule has 0 aliphatic rings. The van der Waals surface area contributed by atoms with Crippen molar-refractivity contribution in [2.24, 2.45) is 0 Å². The van der Waals surface area contributed by atoms with Crippen molar-refractivity contribution in [3.63, 3.8) is 0 Å². The number of imidazole rings is 1. The van der Waals surface area contributed by atoms with Crippen molar-refractivity contribution in [1.82, 2.24) is 19.9 Å². The third kappa shape index (κ3) is 3.73. The van der Waals surface area contributed by atoms with Crippen LogP contribution < -0.4 is 10.2 Å². The van der Waals surface area contributed by atoms with Gasteiger partial charge < -0.3 is 15.2 Å². The average molecular weight is 302 g/mol. The van der Waals surface area contributed by atoms with E-state index in [1.807, 2.05) is 6.92 Å². The number of aromatic nitrogens is 4. The quantitative estimate of drug-likeness (QED) is 0.858. The number of nitrogens with zero attached hydrogens (tertiary/aromatic N) is 4. The van der Waals surface area contributed by atoms with Gasteiger partial charge in [0.1, 0.15) is 12.1 Å². The van der Waals surface area contributed by atoms with Gasteiger partial charge >= 0.3 is 6.18 Å². The van der Waals surface area contributed by atoms with Crippen LogP contribution in [-0.4, -0.2) is 45.7 Å². The second-order valence-corrected chi connectivity index (χ2v) is 4.53. The molecular formula is C12H17F3N6. The molecule has 2 aromatic heterocycles. The molecule has 0 amide bonds. The fourth-order valence-corrected chi connectivity index (χ4v) is 1.92. The largest absolute Gasteiger partial charge is 0.405 e. The van der Waals surface area contributed by atoms with E-state index in [1.165, 1.54) is 6.33 Å². The number of fused-ring (bicyclic) bond motifs is 1. The molecule has 0 saturated heterocycles. The van der Waals surface area contributed by atoms with Crippen LogP contribution >= 0.6 is 0 Å². The zero-order chi connectivity index (χ0) is 15.5. The highest BCUT2D eigenvalue weighted by Gasteiger charge is 2.32. The van der Waals surface area contributed by atoms with E-state index in [-0.39, 0.29) is 18.3 Å². The Bertz CT molecular complexity index is 594. The van der Waals surface area contributed by atoms with Gasteiger partial charge in [0.15, 0.2) is 11.5 Å². The SMILES string of the molecule is CCCNc1nc(N(CC)CC(F)(F)F)c2[nH]cnc2n1. The molecule has 2 heterocycles. The highest BCUT2D eigenvalue weighted by molar-refractivity contribution is 5.84. The molecule has 0 unspecified atom stereocenters. The van der Waals surface area contributed by atoms with Gasteiger partial charge in [0.2, 0.25) is 5.95 Å². The van der Waals surface area contributed by atoms with E-state index in [4.69, 9.17) is 0 Å². The van der Waals surface area contributed by atoms with Crippen LogP contribution in [0.3, 0.4) is 0 Å². The molecular weight excluding hydrogens is 285 g/mol. The zero-order valence-electron chi connectivity index (χ0n) is 11.8. The lowest BCUT2D eigenvalue weighted by molar-refractivity contribution is -0.119. The third-order valence-electron chi connectivity index (χ3n) is 2.85. The van der Waals surface area contributed by atoms with Crippen molar-refractivity contribution in [2.75, 3.05) is 29.9 Å². The fraction of sp³-hybridized carbons (Fsp3) is 0.583. The lowest BCUT2D eigenvalue weighted by Crippen LogP contribution is -2.35. The minimum Gasteiger partial charge on any atom is -0.354 e. The van der Waals surface area contributed by atoms with Crippen molar-refractivity contribution < 1.29 is 13.2 Å². The van der Waals surface area contributed by atoms with Crippen molar-refractivity contribution in [2.45, 2.75) is 26.4 Å². The van der Waals surface area contributed by atoms with E-state index in [1.54, 1.807) is 6.92 Å². The van der Waals surface area contributed by atoms with Gasteiger partial charge in [-0.25, -0.2) is 4.98 Å². The maximum atomic E-state index is 12.7. The molecule has 0 radical (unpaired) electrons. The Balaban J connectivity index is 2.41. The topological polar surface area (TPSA) is 69.7 Å². The summed E-state index contributed by atoms with van der Waals surface area (Å²) in [7, 11) is 0. The molecule has 0 aliphatic carbocycles. The van der Waals surface area contributed by atoms with Gasteiger partial charge in [-0.15, -0.1) is 0 Å². The van der Waals surface area contributed by atoms with E-state index in [2.05, 4.69) is 25.3 Å². The molecule has 0 aromatic carbocycles. The number of alkyl halides is 3. The Morgan fingerprint density at radius 3 is 2.67 bits per heavy atom. The summed E-state index contributed by atoms with van der Waals surface area (Å²) in [4.78, 5) is 16.3. The highest BCUT2D eigenvalue weighted by Crippen LogP contribution is 2.26. The first-order valence-corrected chi connectivity index (χ1v) is 6.71. The molecule has 2 rings (SSSR count). The zero-order valence-corrected chi connectivity index (χ0v) is 11.8. The highest BCUT2D eigenvalue weighted by atomic mass is 19.4. The van der Waals surface area contributed by atoms with Crippen LogP contribution in [0.1, 0.15) is 20.3 Å². The predicted molar refractivity (Wildman–Crippen MR) is 74.4 cm³/mol. The second-order valence-electron chi connectivity index (χ2n) is 4.53. The Hall–Kier alpha value is -2.06. The molecule has 21 heavy (non-hydrogen) atoms. The van der Waals surface area contributed by atoms with E-state index >= 15 is 0 Å². The third-order valence-corrected chi connectivity index (χ3v) is 2.85. The summed E-state index contributed by atoms with van der Waals surface area (Å²) in [6, 6.07) is 0. The maximum absolute atomic E-state index is 12.7. The van der Waals surface area contributed by atoms with Crippen molar-refractivity contribution in [1.29, 1.82) is 0 Å². The molecule has 2 N–H and O–H groups in total. The summed E-state index contributed by atoms with van der Waals surface area (Å²) in [5.41, 5.74) is 0.752. The summed E-state index contributed by atoms with van der Waals surface area (Å²) in [6.45, 7) is 3.37. The standard InChI is InChI=1S/C12H17F3N6/c1-3-5-16-11-19-9-8(17-7-18-9)10(20-11)21(4-2)6-12(13,14)15/h7H,3-6H2,1-2H3,(H2,16,17,18,19,20). The normalized spacial score (nSPS) is 11.9. The summed E-state index contributed by atoms with van der Waals surface area (Å²) >= 11 is 0. The lowest BCUT2D eigenvalue weighted by Gasteiger charge is -2.23. The molecule has 0 fully saturated rings. The molecule has 0 bridgehead atoms. The molecule has 0 atom stereocenters. The fourth-order valence-electron chi connectivity index (χ4n) is 1.92. The first kappa shape index (κ1) is 15.3. The molecule has 0 saturated carbocycles. The van der Waals surface area contributed by atoms with Crippen molar-refractivity contribution >= 4 is 22.9 Å². The van der Waals surface area contributed by atoms with Gasteiger partial charge in [-0.2, -0.15) is 23.1 Å². The van der Waals surface area contributed by atoms with Crippen LogP contribution in [0.15, 0.2) is 6.33 Å². The summed E-state index contributed by atoms with van der Waals surface area (Å²) in [5.74, 6) is 0.489. The smallest absolute Gasteiger partial charge is 0.354 e. The Morgan fingerprint density at radius 2 is 2.05 bits per heavy atom. The van der Waals surface area contributed by atoms with E-state index in [0.717, 1.165) is 11.3 Å². The van der Waals surface area contributed by atoms with E-state index in [0.29, 0.717) is 17.7 Å². The number of anilines is 2. The minimum absolute atomic E-state index is 0.178. The number of nitrogens with one attached hydrogen (secondary N) is 2. The average Bonchev–Trinajstić information content (AvgIpc) is 2.89. The van der Waals surface area contributed by atoms with Gasteiger partial charge in [0, 0.05) is 13.1 Å². The van der Waals surface area contributed by atoms with Crippen LogP contribution in [0.5, 0.6) is 0 Å². The molecule has 0 aliphatic heterocycles. The Labute approximate surface area is 119 Å². The lowest BCUT2D eigenvalue weighted by atomic mass is 10.4. The number of hydrogen-bond donors (Lipinski definition) is 2. The summed E-state index contributed by atoms with van der Waals surface area (Å²) in [6.07, 6.45) is -2.05. The minimum atomic E-state index is -4.30. The number of aromatic amines is 1. The van der Waals surface area contributed by atoms with Gasteiger partial charge in [-0.1, -0.05) is 6.92 Å². The Morgan fingerprint density at radius 1 is 1.29 bits per heavy atom. The van der Waals surface area contributed by atoms with Crippen LogP contribution in [0.25, 0.3) is 11.2 Å². The van der Waals surface area contributed by atoms with Gasteiger partial charge in [0.25, 0.3) is 0 Å². The van der Waals surface area contributed by atoms with Crippen LogP contribution in [-0.2, 0) is 0 Å². The molecule has 6 nitrogen and oxygen atoms in total. The van der Waals surface area contributed by atoms with E-state index < -0.39 is 12.7 Å². The monoisotopic (exact) mass is 302 g/mol. The number of rotatable bonds is 6. The Kier molecular flexibility index (Phi) is 4.49. The molecule has 116 valence electrons. The molecule has 2 aromatic rings. The summed E-state index contributed by atoms with van der Waals surface area (Å²) < 4.78 is 38.0. The van der Waals surface area contributed by atoms with Crippen LogP contribution in [0.4, 0.5) is 24.9 Å². The first-order chi connectivity index (χ1) is 9.94. The van der Waals surface area contributed by atoms with Gasteiger partial charge in [0.05, 0.1) is 6.33 Å². The summed E-state index contributed by atoms with van der Waals surface area (Å²) in [5, 5.41) is 2.97. The van der Waals surface area contributed by atoms with Crippen LogP contribution in [0.2, 0.25) is 0 Å². The van der Waals surface area contributed by atoms with Crippen molar-refractivity contribution in [3.8, 4) is 0 Å². The van der Waals surface area contributed by atoms with Crippen LogP contribution in [0, 0.1) is 0 Å². The predicted octanol–water partition coefficient (Wildman–Crippen LogP) is 2.56. The van der Waals surface area contributed by atoms with Gasteiger partial charge in [-0.3, -0.25) is 0 Å². The number of halogens is 3. The van der Waals surface area contributed by atoms with E-state index in [9.17, 15) is 13.2 Å². The number of H-pyrrole nitrogens is 1. The second kappa shape index (κ2) is 6.15. The first-order valence-electron chi connectivity index (χ1n) is 6.71. The molecule has 0 spiro atoms. The maximum Gasteiger partial charge on any atom is 0.405 e.